The summed E-state index contributed by atoms with van der Waals surface area (Å²) >= 11 is 0. The van der Waals surface area contributed by atoms with Gasteiger partial charge in [-0.1, -0.05) is 19.3 Å². The second kappa shape index (κ2) is 8.18. The fourth-order valence-electron chi connectivity index (χ4n) is 4.90. The maximum absolute atomic E-state index is 12.9. The Labute approximate surface area is 171 Å². The molecule has 1 aromatic heterocycles. The van der Waals surface area contributed by atoms with Crippen LogP contribution in [0.2, 0.25) is 0 Å². The molecule has 29 heavy (non-hydrogen) atoms. The minimum Gasteiger partial charge on any atom is -0.342 e. The van der Waals surface area contributed by atoms with Crippen molar-refractivity contribution < 1.29 is 13.2 Å². The molecule has 1 saturated heterocycles. The third kappa shape index (κ3) is 4.40. The van der Waals surface area contributed by atoms with Crippen molar-refractivity contribution in [1.82, 2.24) is 19.2 Å². The number of hydrogen-bond acceptors (Lipinski definition) is 5. The maximum Gasteiger partial charge on any atom is 0.255 e. The Morgan fingerprint density at radius 1 is 1.10 bits per heavy atom. The number of H-pyrrole nitrogens is 1. The number of likely N-dealkylation sites (tertiary alicyclic amines) is 1. The molecular weight excluding hydrogens is 392 g/mol. The molecule has 8 nitrogen and oxygen atoms in total. The van der Waals surface area contributed by atoms with Crippen molar-refractivity contribution in [2.45, 2.75) is 63.8 Å². The first-order valence-corrected chi connectivity index (χ1v) is 12.5. The van der Waals surface area contributed by atoms with Crippen LogP contribution < -0.4 is 5.56 Å². The lowest BCUT2D eigenvalue weighted by atomic mass is 9.87. The predicted molar refractivity (Wildman–Crippen MR) is 109 cm³/mol. The number of carbonyl (C=O) groups is 1. The number of amides is 1. The number of piperidine rings is 1. The Balaban J connectivity index is 1.51. The first kappa shape index (κ1) is 20.5. The molecule has 160 valence electrons. The number of sulfonamides is 1. The van der Waals surface area contributed by atoms with Gasteiger partial charge in [-0.3, -0.25) is 9.59 Å². The number of rotatable bonds is 3. The van der Waals surface area contributed by atoms with Gasteiger partial charge in [0.15, 0.2) is 0 Å². The van der Waals surface area contributed by atoms with Gasteiger partial charge in [0, 0.05) is 44.4 Å². The molecule has 0 bridgehead atoms. The first-order valence-electron chi connectivity index (χ1n) is 10.7. The van der Waals surface area contributed by atoms with Gasteiger partial charge < -0.3 is 9.88 Å². The summed E-state index contributed by atoms with van der Waals surface area (Å²) in [5.74, 6) is 1.09. The van der Waals surface area contributed by atoms with E-state index in [0.717, 1.165) is 51.3 Å². The molecular formula is C20H30N4O4S. The van der Waals surface area contributed by atoms with Gasteiger partial charge in [0.25, 0.3) is 5.56 Å². The van der Waals surface area contributed by atoms with Gasteiger partial charge in [-0.05, 0) is 25.7 Å². The third-order valence-corrected chi connectivity index (χ3v) is 7.84. The molecule has 2 aliphatic heterocycles. The molecule has 3 heterocycles. The summed E-state index contributed by atoms with van der Waals surface area (Å²) in [6.07, 6.45) is 8.89. The molecule has 1 N–H and O–H groups in total. The zero-order chi connectivity index (χ0) is 20.6. The highest BCUT2D eigenvalue weighted by atomic mass is 32.2. The molecule has 2 fully saturated rings. The molecule has 1 amide bonds. The van der Waals surface area contributed by atoms with Crippen molar-refractivity contribution in [3.8, 4) is 0 Å². The zero-order valence-corrected chi connectivity index (χ0v) is 17.8. The highest BCUT2D eigenvalue weighted by molar-refractivity contribution is 7.88. The van der Waals surface area contributed by atoms with Crippen molar-refractivity contribution in [1.29, 1.82) is 0 Å². The summed E-state index contributed by atoms with van der Waals surface area (Å²) in [5.41, 5.74) is 0.879. The van der Waals surface area contributed by atoms with Crippen LogP contribution in [0.4, 0.5) is 0 Å². The van der Waals surface area contributed by atoms with Crippen LogP contribution in [0.15, 0.2) is 4.79 Å². The van der Waals surface area contributed by atoms with Crippen LogP contribution in [0.5, 0.6) is 0 Å². The number of aromatic amines is 1. The van der Waals surface area contributed by atoms with Crippen LogP contribution in [-0.2, 0) is 27.8 Å². The van der Waals surface area contributed by atoms with Crippen molar-refractivity contribution in [2.24, 2.45) is 5.92 Å². The highest BCUT2D eigenvalue weighted by Gasteiger charge is 2.32. The Morgan fingerprint density at radius 3 is 2.59 bits per heavy atom. The number of carbonyl (C=O) groups excluding carboxylic acids is 1. The zero-order valence-electron chi connectivity index (χ0n) is 17.0. The summed E-state index contributed by atoms with van der Waals surface area (Å²) in [4.78, 5) is 35.2. The normalized spacial score (nSPS) is 24.3. The van der Waals surface area contributed by atoms with Crippen molar-refractivity contribution in [2.75, 3.05) is 25.9 Å². The lowest BCUT2D eigenvalue weighted by Gasteiger charge is -2.36. The molecule has 0 radical (unpaired) electrons. The molecule has 0 spiro atoms. The Kier molecular flexibility index (Phi) is 5.79. The third-order valence-electron chi connectivity index (χ3n) is 6.60. The van der Waals surface area contributed by atoms with Crippen LogP contribution in [0.1, 0.15) is 67.9 Å². The van der Waals surface area contributed by atoms with E-state index in [4.69, 9.17) is 4.98 Å². The van der Waals surface area contributed by atoms with Crippen LogP contribution >= 0.6 is 0 Å². The van der Waals surface area contributed by atoms with Gasteiger partial charge >= 0.3 is 0 Å². The van der Waals surface area contributed by atoms with Crippen LogP contribution in [0.3, 0.4) is 0 Å². The van der Waals surface area contributed by atoms with E-state index in [9.17, 15) is 18.0 Å². The van der Waals surface area contributed by atoms with Gasteiger partial charge in [-0.2, -0.15) is 4.31 Å². The van der Waals surface area contributed by atoms with E-state index in [0.29, 0.717) is 36.6 Å². The second-order valence-electron chi connectivity index (χ2n) is 8.68. The topological polar surface area (TPSA) is 103 Å². The smallest absolute Gasteiger partial charge is 0.255 e. The molecule has 3 aliphatic rings. The molecule has 1 aliphatic carbocycles. The summed E-state index contributed by atoms with van der Waals surface area (Å²) in [5, 5.41) is 0. The van der Waals surface area contributed by atoms with Gasteiger partial charge in [0.2, 0.25) is 15.9 Å². The SMILES string of the molecule is CS(=O)(=O)N1CCc2nc([C@H]3CCCN(C(=O)C4CCCCC4)C3)[nH]c(=O)c2C1. The van der Waals surface area contributed by atoms with E-state index in [1.165, 1.54) is 10.7 Å². The fourth-order valence-corrected chi connectivity index (χ4v) is 5.69. The lowest BCUT2D eigenvalue weighted by Crippen LogP contribution is -2.44. The number of fused-ring (bicyclic) bond motifs is 1. The largest absolute Gasteiger partial charge is 0.342 e. The van der Waals surface area contributed by atoms with Crippen molar-refractivity contribution >= 4 is 15.9 Å². The van der Waals surface area contributed by atoms with E-state index >= 15 is 0 Å². The summed E-state index contributed by atoms with van der Waals surface area (Å²) in [6.45, 7) is 1.81. The quantitative estimate of drug-likeness (QED) is 0.792. The minimum absolute atomic E-state index is 0.0298. The van der Waals surface area contributed by atoms with Crippen LogP contribution in [-0.4, -0.2) is 59.4 Å². The number of hydrogen-bond donors (Lipinski definition) is 1. The number of nitrogens with one attached hydrogen (secondary N) is 1. The van der Waals surface area contributed by atoms with E-state index in [1.807, 2.05) is 4.90 Å². The standard InChI is InChI=1S/C20H30N4O4S/c1-29(27,28)24-11-9-17-16(13-24)19(25)22-18(21-17)15-8-5-10-23(12-15)20(26)14-6-3-2-4-7-14/h14-15H,2-13H2,1H3,(H,21,22,25)/t15-/m0/s1. The van der Waals surface area contributed by atoms with Crippen molar-refractivity contribution in [3.05, 3.63) is 27.4 Å². The summed E-state index contributed by atoms with van der Waals surface area (Å²) < 4.78 is 24.9. The molecule has 1 atom stereocenters. The number of aromatic nitrogens is 2. The van der Waals surface area contributed by atoms with E-state index in [1.54, 1.807) is 0 Å². The van der Waals surface area contributed by atoms with Gasteiger partial charge in [-0.15, -0.1) is 0 Å². The average Bonchev–Trinajstić information content (AvgIpc) is 2.73. The average molecular weight is 423 g/mol. The molecule has 9 heteroatoms. The van der Waals surface area contributed by atoms with Gasteiger partial charge in [0.05, 0.1) is 17.5 Å². The van der Waals surface area contributed by atoms with Crippen LogP contribution in [0, 0.1) is 5.92 Å². The summed E-state index contributed by atoms with van der Waals surface area (Å²) in [7, 11) is -3.33. The molecule has 0 unspecified atom stereocenters. The first-order chi connectivity index (χ1) is 13.8. The highest BCUT2D eigenvalue weighted by Crippen LogP contribution is 2.30. The molecule has 0 aromatic carbocycles. The lowest BCUT2D eigenvalue weighted by molar-refractivity contribution is -0.137. The predicted octanol–water partition coefficient (Wildman–Crippen LogP) is 1.37. The monoisotopic (exact) mass is 422 g/mol. The Morgan fingerprint density at radius 2 is 1.86 bits per heavy atom. The van der Waals surface area contributed by atoms with E-state index in [2.05, 4.69) is 4.98 Å². The molecule has 4 rings (SSSR count). The minimum atomic E-state index is -3.33. The Bertz CT molecular complexity index is 936. The second-order valence-corrected chi connectivity index (χ2v) is 10.7. The molecule has 1 saturated carbocycles. The number of nitrogens with zero attached hydrogens (tertiary/aromatic N) is 3. The molecule has 1 aromatic rings. The van der Waals surface area contributed by atoms with E-state index < -0.39 is 10.0 Å². The van der Waals surface area contributed by atoms with E-state index in [-0.39, 0.29) is 29.8 Å². The van der Waals surface area contributed by atoms with Gasteiger partial charge in [0.1, 0.15) is 5.82 Å². The van der Waals surface area contributed by atoms with Crippen molar-refractivity contribution in [3.63, 3.8) is 0 Å². The van der Waals surface area contributed by atoms with Crippen LogP contribution in [0.25, 0.3) is 0 Å². The maximum atomic E-state index is 12.9. The fraction of sp³-hybridized carbons (Fsp3) is 0.750. The Hall–Kier alpha value is -1.74. The summed E-state index contributed by atoms with van der Waals surface area (Å²) in [6, 6.07) is 0. The van der Waals surface area contributed by atoms with Gasteiger partial charge in [-0.25, -0.2) is 13.4 Å².